The van der Waals surface area contributed by atoms with Crippen LogP contribution in [0.4, 0.5) is 11.8 Å². The molecular weight excluding hydrogens is 396 g/mol. The van der Waals surface area contributed by atoms with Crippen LogP contribution in [-0.4, -0.2) is 50.4 Å². The van der Waals surface area contributed by atoms with Crippen molar-refractivity contribution in [2.75, 3.05) is 35.4 Å². The fourth-order valence-electron chi connectivity index (χ4n) is 5.45. The Bertz CT molecular complexity index is 1010. The fourth-order valence-corrected chi connectivity index (χ4v) is 6.75. The molecule has 2 aromatic rings. The third-order valence-electron chi connectivity index (χ3n) is 7.77. The number of aryl methyl sites for hydroxylation is 2. The Morgan fingerprint density at radius 2 is 1.97 bits per heavy atom. The Morgan fingerprint density at radius 3 is 2.60 bits per heavy atom. The summed E-state index contributed by atoms with van der Waals surface area (Å²) in [6.45, 7) is 1.97. The summed E-state index contributed by atoms with van der Waals surface area (Å²) in [5.74, 6) is 2.55. The predicted molar refractivity (Wildman–Crippen MR) is 117 cm³/mol. The molecule has 0 radical (unpaired) electrons. The quantitative estimate of drug-likeness (QED) is 0.814. The van der Waals surface area contributed by atoms with Crippen LogP contribution in [-0.2, 0) is 23.6 Å². The molecule has 1 saturated carbocycles. The van der Waals surface area contributed by atoms with Crippen molar-refractivity contribution in [3.8, 4) is 0 Å². The summed E-state index contributed by atoms with van der Waals surface area (Å²) >= 11 is 0. The molecule has 0 bridgehead atoms. The van der Waals surface area contributed by atoms with E-state index >= 15 is 0 Å². The van der Waals surface area contributed by atoms with Crippen LogP contribution in [0.3, 0.4) is 0 Å². The van der Waals surface area contributed by atoms with Gasteiger partial charge in [-0.15, -0.1) is 0 Å². The lowest BCUT2D eigenvalue weighted by molar-refractivity contribution is 0.119. The second-order valence-electron chi connectivity index (χ2n) is 9.29. The number of rotatable bonds is 4. The third kappa shape index (κ3) is 2.82. The summed E-state index contributed by atoms with van der Waals surface area (Å²) < 4.78 is 12.6. The molecule has 158 valence electrons. The largest absolute Gasteiger partial charge is 0.394 e. The number of anilines is 2. The van der Waals surface area contributed by atoms with Crippen LogP contribution in [0.5, 0.6) is 0 Å². The van der Waals surface area contributed by atoms with E-state index in [4.69, 9.17) is 4.98 Å². The number of aliphatic hydroxyl groups is 1. The second kappa shape index (κ2) is 7.02. The SMILES string of the molecule is O=[S@@]1CN(C2(CO)CCC2)c2nc(N3CCC(c4ccc5c(c4)CC5)CC3)ncc21. The van der Waals surface area contributed by atoms with Gasteiger partial charge >= 0.3 is 0 Å². The lowest BCUT2D eigenvalue weighted by atomic mass is 9.76. The highest BCUT2D eigenvalue weighted by atomic mass is 32.2. The van der Waals surface area contributed by atoms with Crippen LogP contribution in [0, 0.1) is 0 Å². The van der Waals surface area contributed by atoms with Gasteiger partial charge in [0, 0.05) is 13.1 Å². The zero-order valence-electron chi connectivity index (χ0n) is 17.2. The minimum atomic E-state index is -1.11. The van der Waals surface area contributed by atoms with Gasteiger partial charge in [0.05, 0.1) is 29.1 Å². The number of fused-ring (bicyclic) bond motifs is 2. The highest BCUT2D eigenvalue weighted by molar-refractivity contribution is 7.85. The first kappa shape index (κ1) is 18.8. The van der Waals surface area contributed by atoms with Gasteiger partial charge in [-0.3, -0.25) is 4.21 Å². The minimum Gasteiger partial charge on any atom is -0.394 e. The standard InChI is InChI=1S/C23H28N4O2S/c28-14-23(8-1-9-23)27-15-30(29)20-13-24-22(25-21(20)27)26-10-6-17(7-11-26)19-5-3-16-2-4-18(16)12-19/h3,5,12-13,17,28H,1-2,4,6-11,14-15H2/t30-/m1/s1. The maximum absolute atomic E-state index is 12.6. The molecule has 0 amide bonds. The van der Waals surface area contributed by atoms with Crippen molar-refractivity contribution >= 4 is 22.6 Å². The maximum atomic E-state index is 12.6. The number of piperidine rings is 1. The molecule has 4 aliphatic rings. The zero-order chi connectivity index (χ0) is 20.3. The fraction of sp³-hybridized carbons (Fsp3) is 0.565. The molecule has 0 unspecified atom stereocenters. The van der Waals surface area contributed by atoms with Crippen LogP contribution in [0.15, 0.2) is 29.3 Å². The molecule has 3 heterocycles. The Hall–Kier alpha value is -1.99. The molecule has 1 aromatic carbocycles. The smallest absolute Gasteiger partial charge is 0.227 e. The van der Waals surface area contributed by atoms with Crippen LogP contribution in [0.2, 0.25) is 0 Å². The molecule has 6 nitrogen and oxygen atoms in total. The summed E-state index contributed by atoms with van der Waals surface area (Å²) in [7, 11) is -1.11. The van der Waals surface area contributed by atoms with Crippen molar-refractivity contribution in [2.45, 2.75) is 61.3 Å². The Kier molecular flexibility index (Phi) is 4.39. The number of hydrogen-bond acceptors (Lipinski definition) is 6. The molecular formula is C23H28N4O2S. The van der Waals surface area contributed by atoms with E-state index in [0.29, 0.717) is 11.8 Å². The number of hydrogen-bond donors (Lipinski definition) is 1. The van der Waals surface area contributed by atoms with Gasteiger partial charge in [0.1, 0.15) is 10.8 Å². The summed E-state index contributed by atoms with van der Waals surface area (Å²) in [4.78, 5) is 14.5. The predicted octanol–water partition coefficient (Wildman–Crippen LogP) is 2.76. The van der Waals surface area contributed by atoms with Crippen LogP contribution in [0.25, 0.3) is 0 Å². The second-order valence-corrected chi connectivity index (χ2v) is 10.7. The molecule has 7 heteroatoms. The Balaban J connectivity index is 1.21. The van der Waals surface area contributed by atoms with Gasteiger partial charge in [-0.05, 0) is 67.6 Å². The monoisotopic (exact) mass is 424 g/mol. The van der Waals surface area contributed by atoms with Gasteiger partial charge in [-0.25, -0.2) is 4.98 Å². The van der Waals surface area contributed by atoms with Crippen LogP contribution < -0.4 is 9.80 Å². The average molecular weight is 425 g/mol. The van der Waals surface area contributed by atoms with E-state index in [0.717, 1.165) is 61.9 Å². The lowest BCUT2D eigenvalue weighted by Gasteiger charge is -2.47. The number of aromatic nitrogens is 2. The topological polar surface area (TPSA) is 69.6 Å². The molecule has 30 heavy (non-hydrogen) atoms. The molecule has 2 aliphatic heterocycles. The van der Waals surface area contributed by atoms with Crippen molar-refractivity contribution in [1.82, 2.24) is 9.97 Å². The number of benzene rings is 1. The van der Waals surface area contributed by atoms with Gasteiger partial charge < -0.3 is 14.9 Å². The number of nitrogens with zero attached hydrogens (tertiary/aromatic N) is 4. The molecule has 1 aromatic heterocycles. The van der Waals surface area contributed by atoms with E-state index in [2.05, 4.69) is 33.0 Å². The van der Waals surface area contributed by atoms with Crippen molar-refractivity contribution in [2.24, 2.45) is 0 Å². The van der Waals surface area contributed by atoms with Gasteiger partial charge in [-0.1, -0.05) is 18.2 Å². The first-order valence-electron chi connectivity index (χ1n) is 11.2. The van der Waals surface area contributed by atoms with E-state index in [1.54, 1.807) is 11.8 Å². The maximum Gasteiger partial charge on any atom is 0.227 e. The first-order valence-corrected chi connectivity index (χ1v) is 12.5. The molecule has 1 saturated heterocycles. The van der Waals surface area contributed by atoms with Gasteiger partial charge in [0.2, 0.25) is 5.95 Å². The van der Waals surface area contributed by atoms with Crippen LogP contribution >= 0.6 is 0 Å². The highest BCUT2D eigenvalue weighted by Gasteiger charge is 2.47. The van der Waals surface area contributed by atoms with E-state index in [1.807, 2.05) is 0 Å². The summed E-state index contributed by atoms with van der Waals surface area (Å²) in [6, 6.07) is 7.06. The summed E-state index contributed by atoms with van der Waals surface area (Å²) in [6.07, 6.45) is 9.41. The normalized spacial score (nSPS) is 24.8. The molecule has 0 spiro atoms. The molecule has 6 rings (SSSR count). The van der Waals surface area contributed by atoms with E-state index in [1.165, 1.54) is 24.0 Å². The third-order valence-corrected chi connectivity index (χ3v) is 9.04. The van der Waals surface area contributed by atoms with E-state index < -0.39 is 10.8 Å². The Morgan fingerprint density at radius 1 is 1.17 bits per heavy atom. The number of aliphatic hydroxyl groups excluding tert-OH is 1. The lowest BCUT2D eigenvalue weighted by Crippen LogP contribution is -2.56. The van der Waals surface area contributed by atoms with Gasteiger partial charge in [0.25, 0.3) is 0 Å². The van der Waals surface area contributed by atoms with E-state index in [-0.39, 0.29) is 12.1 Å². The zero-order valence-corrected chi connectivity index (χ0v) is 18.0. The minimum absolute atomic E-state index is 0.0924. The summed E-state index contributed by atoms with van der Waals surface area (Å²) in [5, 5.41) is 10.0. The van der Waals surface area contributed by atoms with Crippen molar-refractivity contribution in [1.29, 1.82) is 0 Å². The molecule has 2 aliphatic carbocycles. The first-order chi connectivity index (χ1) is 14.7. The highest BCUT2D eigenvalue weighted by Crippen LogP contribution is 2.44. The molecule has 2 fully saturated rings. The molecule has 1 N–H and O–H groups in total. The average Bonchev–Trinajstić information content (AvgIpc) is 3.05. The van der Waals surface area contributed by atoms with Crippen molar-refractivity contribution in [3.63, 3.8) is 0 Å². The van der Waals surface area contributed by atoms with Crippen molar-refractivity contribution < 1.29 is 9.32 Å². The molecule has 1 atom stereocenters. The van der Waals surface area contributed by atoms with E-state index in [9.17, 15) is 9.32 Å². The van der Waals surface area contributed by atoms with Crippen LogP contribution in [0.1, 0.15) is 54.7 Å². The van der Waals surface area contributed by atoms with Gasteiger partial charge in [0.15, 0.2) is 5.82 Å². The van der Waals surface area contributed by atoms with Crippen molar-refractivity contribution in [3.05, 3.63) is 41.1 Å². The summed E-state index contributed by atoms with van der Waals surface area (Å²) in [5.41, 5.74) is 4.27. The van der Waals surface area contributed by atoms with Gasteiger partial charge in [-0.2, -0.15) is 4.98 Å². The Labute approximate surface area is 179 Å².